The van der Waals surface area contributed by atoms with E-state index in [1.165, 1.54) is 4.57 Å². The number of nitrogens with one attached hydrogen (secondary N) is 2. The van der Waals surface area contributed by atoms with E-state index in [0.717, 1.165) is 23.3 Å². The molecule has 27 heavy (non-hydrogen) atoms. The molecule has 0 saturated carbocycles. The molecule has 142 valence electrons. The van der Waals surface area contributed by atoms with Crippen molar-refractivity contribution in [2.45, 2.75) is 38.8 Å². The number of aromatic nitrogens is 4. The second kappa shape index (κ2) is 5.73. The van der Waals surface area contributed by atoms with Gasteiger partial charge in [0, 0.05) is 26.1 Å². The van der Waals surface area contributed by atoms with E-state index in [1.807, 2.05) is 13.0 Å². The number of imidazole rings is 1. The Morgan fingerprint density at radius 3 is 2.74 bits per heavy atom. The summed E-state index contributed by atoms with van der Waals surface area (Å²) in [6.45, 7) is 6.14. The molecule has 2 N–H and O–H groups in total. The summed E-state index contributed by atoms with van der Waals surface area (Å²) in [5, 5.41) is 3.45. The van der Waals surface area contributed by atoms with Crippen LogP contribution in [0.5, 0.6) is 5.75 Å². The van der Waals surface area contributed by atoms with Gasteiger partial charge in [-0.25, -0.2) is 4.79 Å². The first-order valence-electron chi connectivity index (χ1n) is 8.88. The highest BCUT2D eigenvalue weighted by molar-refractivity contribution is 5.74. The van der Waals surface area contributed by atoms with Crippen LogP contribution in [0, 0.1) is 6.92 Å². The minimum Gasteiger partial charge on any atom is -0.487 e. The maximum absolute atomic E-state index is 12.2. The van der Waals surface area contributed by atoms with Crippen molar-refractivity contribution in [2.24, 2.45) is 14.1 Å². The maximum Gasteiger partial charge on any atom is 0.329 e. The molecular formula is C19H23N5O3. The normalized spacial score (nSPS) is 18.2. The van der Waals surface area contributed by atoms with Crippen LogP contribution in [-0.2, 0) is 14.1 Å². The van der Waals surface area contributed by atoms with Crippen molar-refractivity contribution >= 4 is 17.1 Å². The summed E-state index contributed by atoms with van der Waals surface area (Å²) in [5.74, 6) is 1.39. The van der Waals surface area contributed by atoms with Crippen molar-refractivity contribution in [3.63, 3.8) is 0 Å². The number of H-pyrrole nitrogens is 1. The zero-order valence-electron chi connectivity index (χ0n) is 16.1. The highest BCUT2D eigenvalue weighted by Crippen LogP contribution is 2.41. The number of benzene rings is 1. The number of hydrogen-bond acceptors (Lipinski definition) is 5. The fraction of sp³-hybridized carbons (Fsp3) is 0.421. The second-order valence-electron chi connectivity index (χ2n) is 7.79. The number of fused-ring (bicyclic) bond motifs is 2. The molecule has 0 fully saturated rings. The highest BCUT2D eigenvalue weighted by Gasteiger charge is 2.34. The van der Waals surface area contributed by atoms with Gasteiger partial charge in [-0.3, -0.25) is 14.3 Å². The number of anilines is 1. The minimum atomic E-state index is -0.481. The number of aromatic amines is 1. The third-order valence-electron chi connectivity index (χ3n) is 5.06. The average Bonchev–Trinajstić information content (AvgIpc) is 2.88. The molecule has 1 atom stereocenters. The SMILES string of the molecule is Cc1ccc2c(c1)OC(C)(C)CC2Nc1nc2c(c(=O)[nH]c(=O)n2C)n1C. The lowest BCUT2D eigenvalue weighted by Crippen LogP contribution is -2.37. The largest absolute Gasteiger partial charge is 0.487 e. The van der Waals surface area contributed by atoms with E-state index >= 15 is 0 Å². The van der Waals surface area contributed by atoms with Crippen LogP contribution < -0.4 is 21.3 Å². The summed E-state index contributed by atoms with van der Waals surface area (Å²) in [4.78, 5) is 30.9. The lowest BCUT2D eigenvalue weighted by molar-refractivity contribution is 0.0757. The summed E-state index contributed by atoms with van der Waals surface area (Å²) >= 11 is 0. The Kier molecular flexibility index (Phi) is 3.69. The van der Waals surface area contributed by atoms with Crippen LogP contribution >= 0.6 is 0 Å². The first-order valence-corrected chi connectivity index (χ1v) is 8.88. The molecule has 0 amide bonds. The van der Waals surface area contributed by atoms with Crippen LogP contribution in [0.4, 0.5) is 5.95 Å². The molecule has 0 bridgehead atoms. The molecule has 3 aromatic rings. The fourth-order valence-corrected chi connectivity index (χ4v) is 3.68. The Labute approximate surface area is 155 Å². The van der Waals surface area contributed by atoms with E-state index in [2.05, 4.69) is 41.3 Å². The Bertz CT molecular complexity index is 1170. The van der Waals surface area contributed by atoms with Gasteiger partial charge in [-0.05, 0) is 32.4 Å². The molecule has 3 heterocycles. The molecule has 0 saturated heterocycles. The van der Waals surface area contributed by atoms with Crippen molar-refractivity contribution in [3.05, 3.63) is 50.2 Å². The van der Waals surface area contributed by atoms with Crippen molar-refractivity contribution in [1.82, 2.24) is 19.1 Å². The van der Waals surface area contributed by atoms with Crippen molar-refractivity contribution in [3.8, 4) is 5.75 Å². The molecule has 1 unspecified atom stereocenters. The van der Waals surface area contributed by atoms with Gasteiger partial charge in [0.1, 0.15) is 11.4 Å². The lowest BCUT2D eigenvalue weighted by Gasteiger charge is -2.38. The Morgan fingerprint density at radius 1 is 1.26 bits per heavy atom. The standard InChI is InChI=1S/C19H23N5O3/c1-10-6-7-11-12(9-19(2,3)27-13(11)8-10)20-17-21-15-14(23(17)4)16(25)22-18(26)24(15)5/h6-8,12H,9H2,1-5H3,(H,20,21)(H,22,25,26). The summed E-state index contributed by atoms with van der Waals surface area (Å²) in [7, 11) is 3.35. The zero-order chi connectivity index (χ0) is 19.5. The van der Waals surface area contributed by atoms with E-state index in [1.54, 1.807) is 18.7 Å². The number of ether oxygens (including phenoxy) is 1. The quantitative estimate of drug-likeness (QED) is 0.720. The third-order valence-corrected chi connectivity index (χ3v) is 5.06. The van der Waals surface area contributed by atoms with Gasteiger partial charge in [-0.2, -0.15) is 4.98 Å². The van der Waals surface area contributed by atoms with Gasteiger partial charge in [0.25, 0.3) is 5.56 Å². The first-order chi connectivity index (χ1) is 12.7. The van der Waals surface area contributed by atoms with E-state index in [9.17, 15) is 9.59 Å². The van der Waals surface area contributed by atoms with Gasteiger partial charge in [-0.15, -0.1) is 0 Å². The molecule has 1 aliphatic heterocycles. The van der Waals surface area contributed by atoms with Crippen LogP contribution in [0.25, 0.3) is 11.2 Å². The summed E-state index contributed by atoms with van der Waals surface area (Å²) < 4.78 is 9.17. The van der Waals surface area contributed by atoms with Gasteiger partial charge in [0.2, 0.25) is 5.95 Å². The zero-order valence-corrected chi connectivity index (χ0v) is 16.1. The molecule has 0 spiro atoms. The predicted molar refractivity (Wildman–Crippen MR) is 103 cm³/mol. The van der Waals surface area contributed by atoms with Gasteiger partial charge in [0.05, 0.1) is 6.04 Å². The van der Waals surface area contributed by atoms with E-state index in [-0.39, 0.29) is 11.6 Å². The molecule has 0 radical (unpaired) electrons. The molecule has 1 aliphatic rings. The van der Waals surface area contributed by atoms with E-state index in [0.29, 0.717) is 17.1 Å². The number of hydrogen-bond donors (Lipinski definition) is 2. The van der Waals surface area contributed by atoms with Crippen LogP contribution in [0.3, 0.4) is 0 Å². The highest BCUT2D eigenvalue weighted by atomic mass is 16.5. The van der Waals surface area contributed by atoms with E-state index in [4.69, 9.17) is 4.74 Å². The van der Waals surface area contributed by atoms with Crippen molar-refractivity contribution in [2.75, 3.05) is 5.32 Å². The Balaban J connectivity index is 1.82. The Morgan fingerprint density at radius 2 is 2.00 bits per heavy atom. The topological polar surface area (TPSA) is 93.9 Å². The summed E-state index contributed by atoms with van der Waals surface area (Å²) in [6.07, 6.45) is 0.738. The first kappa shape index (κ1) is 17.4. The fourth-order valence-electron chi connectivity index (χ4n) is 3.68. The second-order valence-corrected chi connectivity index (χ2v) is 7.79. The van der Waals surface area contributed by atoms with Crippen LogP contribution in [0.1, 0.15) is 37.4 Å². The number of rotatable bonds is 2. The lowest BCUT2D eigenvalue weighted by atomic mass is 9.89. The van der Waals surface area contributed by atoms with Crippen LogP contribution in [0.15, 0.2) is 27.8 Å². The molecule has 1 aromatic carbocycles. The number of aryl methyl sites for hydroxylation is 3. The van der Waals surface area contributed by atoms with Gasteiger partial charge < -0.3 is 14.6 Å². The van der Waals surface area contributed by atoms with Crippen molar-refractivity contribution < 1.29 is 4.74 Å². The third kappa shape index (κ3) is 2.81. The van der Waals surface area contributed by atoms with Crippen LogP contribution in [-0.4, -0.2) is 24.7 Å². The molecule has 8 heteroatoms. The molecule has 2 aromatic heterocycles. The molecular weight excluding hydrogens is 346 g/mol. The number of nitrogens with zero attached hydrogens (tertiary/aromatic N) is 3. The van der Waals surface area contributed by atoms with Crippen LogP contribution in [0.2, 0.25) is 0 Å². The van der Waals surface area contributed by atoms with Gasteiger partial charge in [-0.1, -0.05) is 12.1 Å². The smallest absolute Gasteiger partial charge is 0.329 e. The summed E-state index contributed by atoms with van der Waals surface area (Å²) in [5.41, 5.74) is 1.63. The predicted octanol–water partition coefficient (Wildman–Crippen LogP) is 1.98. The van der Waals surface area contributed by atoms with Gasteiger partial charge >= 0.3 is 5.69 Å². The summed E-state index contributed by atoms with van der Waals surface area (Å²) in [6, 6.07) is 6.12. The maximum atomic E-state index is 12.2. The van der Waals surface area contributed by atoms with Gasteiger partial charge in [0.15, 0.2) is 11.2 Å². The Hall–Kier alpha value is -3.03. The van der Waals surface area contributed by atoms with E-state index < -0.39 is 11.2 Å². The molecule has 0 aliphatic carbocycles. The minimum absolute atomic E-state index is 0.0315. The monoisotopic (exact) mass is 369 g/mol. The molecule has 8 nitrogen and oxygen atoms in total. The van der Waals surface area contributed by atoms with Crippen molar-refractivity contribution in [1.29, 1.82) is 0 Å². The average molecular weight is 369 g/mol. The molecule has 4 rings (SSSR count).